The summed E-state index contributed by atoms with van der Waals surface area (Å²) in [5.74, 6) is 0.943. The topological polar surface area (TPSA) is 60.6 Å². The molecule has 2 N–H and O–H groups in total. The van der Waals surface area contributed by atoms with Crippen molar-refractivity contribution < 1.29 is 9.47 Å². The largest absolute Gasteiger partial charge is 0.383 e. The normalized spacial score (nSPS) is 10.7. The molecule has 0 spiro atoms. The van der Waals surface area contributed by atoms with Gasteiger partial charge < -0.3 is 20.1 Å². The number of aromatic nitrogens is 1. The number of hydrogen-bond donors (Lipinski definition) is 1. The summed E-state index contributed by atoms with van der Waals surface area (Å²) in [6, 6.07) is 4.03. The first-order chi connectivity index (χ1) is 8.72. The third-order valence-corrected chi connectivity index (χ3v) is 2.86. The van der Waals surface area contributed by atoms with Crippen molar-refractivity contribution in [2.75, 3.05) is 45.4 Å². The molecule has 0 saturated carbocycles. The average molecular weight is 253 g/mol. The van der Waals surface area contributed by atoms with E-state index in [0.29, 0.717) is 19.8 Å². The number of ether oxygens (including phenoxy) is 2. The molecule has 102 valence electrons. The molecule has 0 bridgehead atoms. The lowest BCUT2D eigenvalue weighted by atomic mass is 10.2. The summed E-state index contributed by atoms with van der Waals surface area (Å²) in [4.78, 5) is 6.74. The zero-order valence-corrected chi connectivity index (χ0v) is 11.5. The van der Waals surface area contributed by atoms with E-state index in [2.05, 4.69) is 9.88 Å². The minimum atomic E-state index is 0.523. The van der Waals surface area contributed by atoms with Gasteiger partial charge in [-0.1, -0.05) is 6.07 Å². The van der Waals surface area contributed by atoms with Gasteiger partial charge in [0, 0.05) is 39.5 Å². The Morgan fingerprint density at radius 2 is 1.78 bits per heavy atom. The minimum Gasteiger partial charge on any atom is -0.383 e. The van der Waals surface area contributed by atoms with E-state index in [9.17, 15) is 0 Å². The highest BCUT2D eigenvalue weighted by Gasteiger charge is 2.09. The maximum absolute atomic E-state index is 5.64. The van der Waals surface area contributed by atoms with E-state index in [1.54, 1.807) is 14.2 Å². The Morgan fingerprint density at radius 3 is 2.22 bits per heavy atom. The van der Waals surface area contributed by atoms with Crippen molar-refractivity contribution in [2.45, 2.75) is 13.5 Å². The minimum absolute atomic E-state index is 0.523. The fourth-order valence-electron chi connectivity index (χ4n) is 1.71. The maximum atomic E-state index is 5.64. The monoisotopic (exact) mass is 253 g/mol. The molecule has 0 unspecified atom stereocenters. The standard InChI is InChI=1S/C13H23N3O2/c1-11-12(10-14)4-5-13(15-11)16(6-8-17-2)7-9-18-3/h4-5H,6-10,14H2,1-3H3. The Balaban J connectivity index is 2.79. The molecule has 0 aliphatic heterocycles. The number of nitrogens with two attached hydrogens (primary N) is 1. The zero-order chi connectivity index (χ0) is 13.4. The first kappa shape index (κ1) is 14.9. The van der Waals surface area contributed by atoms with E-state index >= 15 is 0 Å². The van der Waals surface area contributed by atoms with Crippen molar-refractivity contribution in [3.8, 4) is 0 Å². The number of rotatable bonds is 8. The van der Waals surface area contributed by atoms with Gasteiger partial charge in [0.15, 0.2) is 0 Å². The summed E-state index contributed by atoms with van der Waals surface area (Å²) in [5, 5.41) is 0. The Labute approximate surface area is 109 Å². The molecule has 0 radical (unpaired) electrons. The highest BCUT2D eigenvalue weighted by Crippen LogP contribution is 2.14. The van der Waals surface area contributed by atoms with Crippen molar-refractivity contribution in [1.29, 1.82) is 0 Å². The molecule has 1 rings (SSSR count). The number of pyridine rings is 1. The Kier molecular flexibility index (Phi) is 6.64. The first-order valence-electron chi connectivity index (χ1n) is 6.12. The van der Waals surface area contributed by atoms with Crippen LogP contribution in [0.25, 0.3) is 0 Å². The second-order valence-electron chi connectivity index (χ2n) is 4.09. The molecular formula is C13H23N3O2. The van der Waals surface area contributed by atoms with Gasteiger partial charge in [0.1, 0.15) is 5.82 Å². The summed E-state index contributed by atoms with van der Waals surface area (Å²) < 4.78 is 10.2. The van der Waals surface area contributed by atoms with Crippen molar-refractivity contribution in [3.63, 3.8) is 0 Å². The van der Waals surface area contributed by atoms with E-state index in [1.165, 1.54) is 0 Å². The highest BCUT2D eigenvalue weighted by atomic mass is 16.5. The molecular weight excluding hydrogens is 230 g/mol. The number of aryl methyl sites for hydroxylation is 1. The quantitative estimate of drug-likeness (QED) is 0.747. The molecule has 5 heteroatoms. The van der Waals surface area contributed by atoms with Crippen LogP contribution in [0.4, 0.5) is 5.82 Å². The van der Waals surface area contributed by atoms with Gasteiger partial charge in [-0.2, -0.15) is 0 Å². The SMILES string of the molecule is COCCN(CCOC)c1ccc(CN)c(C)n1. The number of methoxy groups -OCH3 is 2. The summed E-state index contributed by atoms with van der Waals surface area (Å²) in [6.07, 6.45) is 0. The second-order valence-corrected chi connectivity index (χ2v) is 4.09. The summed E-state index contributed by atoms with van der Waals surface area (Å²) in [7, 11) is 3.40. The molecule has 0 atom stereocenters. The van der Waals surface area contributed by atoms with Gasteiger partial charge in [0.25, 0.3) is 0 Å². The molecule has 18 heavy (non-hydrogen) atoms. The fourth-order valence-corrected chi connectivity index (χ4v) is 1.71. The second kappa shape index (κ2) is 8.02. The van der Waals surface area contributed by atoms with Crippen molar-refractivity contribution >= 4 is 5.82 Å². The number of nitrogens with zero attached hydrogens (tertiary/aromatic N) is 2. The smallest absolute Gasteiger partial charge is 0.128 e. The summed E-state index contributed by atoms with van der Waals surface area (Å²) in [6.45, 7) is 5.44. The van der Waals surface area contributed by atoms with Gasteiger partial charge in [-0.15, -0.1) is 0 Å². The molecule has 0 aliphatic rings. The van der Waals surface area contributed by atoms with Crippen LogP contribution in [0, 0.1) is 6.92 Å². The molecule has 0 aromatic carbocycles. The third kappa shape index (κ3) is 4.25. The van der Waals surface area contributed by atoms with Crippen LogP contribution in [0.15, 0.2) is 12.1 Å². The van der Waals surface area contributed by atoms with E-state index < -0.39 is 0 Å². The Bertz CT molecular complexity index is 350. The van der Waals surface area contributed by atoms with Crippen LogP contribution in [0.5, 0.6) is 0 Å². The van der Waals surface area contributed by atoms with Crippen LogP contribution < -0.4 is 10.6 Å². The Hall–Kier alpha value is -1.17. The lowest BCUT2D eigenvalue weighted by molar-refractivity contribution is 0.190. The third-order valence-electron chi connectivity index (χ3n) is 2.86. The van der Waals surface area contributed by atoms with Gasteiger partial charge >= 0.3 is 0 Å². The van der Waals surface area contributed by atoms with E-state index in [1.807, 2.05) is 19.1 Å². The van der Waals surface area contributed by atoms with Crippen LogP contribution in [-0.2, 0) is 16.0 Å². The number of hydrogen-bond acceptors (Lipinski definition) is 5. The van der Waals surface area contributed by atoms with Crippen LogP contribution in [-0.4, -0.2) is 45.5 Å². The van der Waals surface area contributed by atoms with Crippen LogP contribution >= 0.6 is 0 Å². The highest BCUT2D eigenvalue weighted by molar-refractivity contribution is 5.41. The lowest BCUT2D eigenvalue weighted by Gasteiger charge is -2.23. The van der Waals surface area contributed by atoms with Gasteiger partial charge in [0.05, 0.1) is 13.2 Å². The molecule has 0 amide bonds. The van der Waals surface area contributed by atoms with Crippen LogP contribution in [0.1, 0.15) is 11.3 Å². The zero-order valence-electron chi connectivity index (χ0n) is 11.5. The predicted molar refractivity (Wildman–Crippen MR) is 72.8 cm³/mol. The van der Waals surface area contributed by atoms with Crippen molar-refractivity contribution in [2.24, 2.45) is 5.73 Å². The fraction of sp³-hybridized carbons (Fsp3) is 0.615. The summed E-state index contributed by atoms with van der Waals surface area (Å²) in [5.41, 5.74) is 7.71. The van der Waals surface area contributed by atoms with E-state index in [4.69, 9.17) is 15.2 Å². The lowest BCUT2D eigenvalue weighted by Crippen LogP contribution is -2.31. The van der Waals surface area contributed by atoms with Crippen molar-refractivity contribution in [3.05, 3.63) is 23.4 Å². The molecule has 0 saturated heterocycles. The van der Waals surface area contributed by atoms with E-state index in [0.717, 1.165) is 30.2 Å². The van der Waals surface area contributed by atoms with Gasteiger partial charge in [-0.3, -0.25) is 0 Å². The van der Waals surface area contributed by atoms with Gasteiger partial charge in [-0.25, -0.2) is 4.98 Å². The molecule has 0 fully saturated rings. The van der Waals surface area contributed by atoms with Gasteiger partial charge in [0.2, 0.25) is 0 Å². The van der Waals surface area contributed by atoms with E-state index in [-0.39, 0.29) is 0 Å². The average Bonchev–Trinajstić information content (AvgIpc) is 2.39. The van der Waals surface area contributed by atoms with Crippen LogP contribution in [0.3, 0.4) is 0 Å². The molecule has 5 nitrogen and oxygen atoms in total. The maximum Gasteiger partial charge on any atom is 0.128 e. The number of anilines is 1. The predicted octanol–water partition coefficient (Wildman–Crippen LogP) is 0.948. The molecule has 1 aromatic rings. The van der Waals surface area contributed by atoms with Crippen molar-refractivity contribution in [1.82, 2.24) is 4.98 Å². The molecule has 0 aliphatic carbocycles. The Morgan fingerprint density at radius 1 is 1.17 bits per heavy atom. The van der Waals surface area contributed by atoms with Crippen LogP contribution in [0.2, 0.25) is 0 Å². The first-order valence-corrected chi connectivity index (χ1v) is 6.12. The summed E-state index contributed by atoms with van der Waals surface area (Å²) >= 11 is 0. The molecule has 1 heterocycles. The molecule has 1 aromatic heterocycles. The van der Waals surface area contributed by atoms with Gasteiger partial charge in [-0.05, 0) is 18.6 Å².